The molecular formula is C18H19F3N2O3. The van der Waals surface area contributed by atoms with Gasteiger partial charge in [0.2, 0.25) is 0 Å². The number of carbonyl (C=O) groups is 2. The number of esters is 1. The number of amides is 2. The summed E-state index contributed by atoms with van der Waals surface area (Å²) < 4.78 is 43.8. The first kappa shape index (κ1) is 18.4. The molecule has 1 aliphatic carbocycles. The summed E-state index contributed by atoms with van der Waals surface area (Å²) in [5, 5.41) is 2.57. The van der Waals surface area contributed by atoms with Gasteiger partial charge < -0.3 is 10.1 Å². The van der Waals surface area contributed by atoms with E-state index in [1.165, 1.54) is 12.1 Å². The van der Waals surface area contributed by atoms with Crippen LogP contribution in [0.1, 0.15) is 49.8 Å². The first-order valence-corrected chi connectivity index (χ1v) is 8.49. The predicted molar refractivity (Wildman–Crippen MR) is 87.7 cm³/mol. The normalized spacial score (nSPS) is 24.2. The number of nitrogens with zero attached hydrogens (tertiary/aromatic N) is 1. The molecule has 0 aromatic heterocycles. The molecule has 1 heterocycles. The molecule has 5 nitrogen and oxygen atoms in total. The van der Waals surface area contributed by atoms with Crippen LogP contribution in [-0.2, 0) is 15.7 Å². The van der Waals surface area contributed by atoms with Crippen molar-refractivity contribution in [3.63, 3.8) is 0 Å². The Hall–Kier alpha value is -2.38. The number of aliphatic imine (C=N–C) groups is 1. The van der Waals surface area contributed by atoms with Gasteiger partial charge in [-0.05, 0) is 50.3 Å². The van der Waals surface area contributed by atoms with Crippen LogP contribution in [0.5, 0.6) is 0 Å². The summed E-state index contributed by atoms with van der Waals surface area (Å²) in [6.45, 7) is 1.55. The van der Waals surface area contributed by atoms with E-state index in [9.17, 15) is 22.8 Å². The topological polar surface area (TPSA) is 67.8 Å². The van der Waals surface area contributed by atoms with Gasteiger partial charge in [-0.25, -0.2) is 9.79 Å². The highest BCUT2D eigenvalue weighted by Crippen LogP contribution is 2.33. The maximum Gasteiger partial charge on any atom is 0.416 e. The van der Waals surface area contributed by atoms with Crippen molar-refractivity contribution >= 4 is 17.7 Å². The van der Waals surface area contributed by atoms with Gasteiger partial charge in [-0.15, -0.1) is 0 Å². The molecule has 3 rings (SSSR count). The first-order chi connectivity index (χ1) is 12.3. The minimum atomic E-state index is -4.45. The molecule has 1 fully saturated rings. The third-order valence-electron chi connectivity index (χ3n) is 4.78. The minimum Gasteiger partial charge on any atom is -0.462 e. The largest absolute Gasteiger partial charge is 0.462 e. The Morgan fingerprint density at radius 1 is 1.19 bits per heavy atom. The van der Waals surface area contributed by atoms with Gasteiger partial charge in [0.1, 0.15) is 12.0 Å². The third kappa shape index (κ3) is 3.89. The lowest BCUT2D eigenvalue weighted by Gasteiger charge is -2.30. The highest BCUT2D eigenvalue weighted by atomic mass is 19.4. The van der Waals surface area contributed by atoms with E-state index in [-0.39, 0.29) is 6.10 Å². The zero-order valence-corrected chi connectivity index (χ0v) is 14.2. The maximum atomic E-state index is 12.8. The van der Waals surface area contributed by atoms with E-state index in [1.807, 2.05) is 0 Å². The number of halogens is 3. The quantitative estimate of drug-likeness (QED) is 0.819. The number of carbonyl (C=O) groups excluding carboxylic acids is 2. The lowest BCUT2D eigenvalue weighted by atomic mass is 9.88. The number of hydrogen-bond acceptors (Lipinski definition) is 3. The van der Waals surface area contributed by atoms with Crippen LogP contribution >= 0.6 is 0 Å². The van der Waals surface area contributed by atoms with Crippen molar-refractivity contribution in [2.45, 2.75) is 50.9 Å². The number of benzene rings is 1. The lowest BCUT2D eigenvalue weighted by molar-refractivity contribution is -0.152. The Bertz CT molecular complexity index is 722. The molecule has 1 saturated carbocycles. The SMILES string of the molecule is CC1=NC(=O)N[C@@H](c2ccc(C(F)(F)F)cc2)C1C(=O)OC1CCCC1. The first-order valence-electron chi connectivity index (χ1n) is 8.49. The Balaban J connectivity index is 1.85. The summed E-state index contributed by atoms with van der Waals surface area (Å²) in [5.74, 6) is -1.37. The van der Waals surface area contributed by atoms with Crippen LogP contribution in [0.15, 0.2) is 29.3 Å². The molecule has 1 aromatic rings. The van der Waals surface area contributed by atoms with E-state index in [0.29, 0.717) is 11.3 Å². The molecule has 8 heteroatoms. The minimum absolute atomic E-state index is 0.152. The molecule has 2 amide bonds. The monoisotopic (exact) mass is 368 g/mol. The Kier molecular flexibility index (Phi) is 5.02. The Labute approximate surface area is 148 Å². The van der Waals surface area contributed by atoms with Gasteiger partial charge in [0, 0.05) is 5.71 Å². The number of urea groups is 1. The number of hydrogen-bond donors (Lipinski definition) is 1. The molecule has 1 aliphatic heterocycles. The molecule has 2 aliphatic rings. The smallest absolute Gasteiger partial charge is 0.416 e. The lowest BCUT2D eigenvalue weighted by Crippen LogP contribution is -2.44. The molecule has 0 spiro atoms. The zero-order chi connectivity index (χ0) is 18.9. The predicted octanol–water partition coefficient (Wildman–Crippen LogP) is 4.03. The number of rotatable bonds is 3. The van der Waals surface area contributed by atoms with Crippen LogP contribution in [0.2, 0.25) is 0 Å². The van der Waals surface area contributed by atoms with Gasteiger partial charge in [-0.2, -0.15) is 13.2 Å². The van der Waals surface area contributed by atoms with Crippen molar-refractivity contribution in [2.24, 2.45) is 10.9 Å². The molecular weight excluding hydrogens is 349 g/mol. The van der Waals surface area contributed by atoms with Crippen LogP contribution in [0.4, 0.5) is 18.0 Å². The Morgan fingerprint density at radius 2 is 1.81 bits per heavy atom. The van der Waals surface area contributed by atoms with Crippen molar-refractivity contribution in [3.05, 3.63) is 35.4 Å². The van der Waals surface area contributed by atoms with Crippen LogP contribution in [0.3, 0.4) is 0 Å². The van der Waals surface area contributed by atoms with Crippen molar-refractivity contribution in [3.8, 4) is 0 Å². The second kappa shape index (κ2) is 7.09. The summed E-state index contributed by atoms with van der Waals surface area (Å²) in [6.07, 6.45) is -1.02. The second-order valence-electron chi connectivity index (χ2n) is 6.62. The molecule has 0 bridgehead atoms. The number of nitrogens with one attached hydrogen (secondary N) is 1. The van der Waals surface area contributed by atoms with Crippen molar-refractivity contribution < 1.29 is 27.5 Å². The van der Waals surface area contributed by atoms with Gasteiger partial charge in [0.25, 0.3) is 0 Å². The molecule has 1 unspecified atom stereocenters. The van der Waals surface area contributed by atoms with Gasteiger partial charge in [0.15, 0.2) is 0 Å². The van der Waals surface area contributed by atoms with E-state index in [2.05, 4.69) is 10.3 Å². The fraction of sp³-hybridized carbons (Fsp3) is 0.500. The molecule has 140 valence electrons. The zero-order valence-electron chi connectivity index (χ0n) is 14.2. The van der Waals surface area contributed by atoms with Gasteiger partial charge in [-0.1, -0.05) is 12.1 Å². The highest BCUT2D eigenvalue weighted by molar-refractivity contribution is 6.08. The standard InChI is InChI=1S/C18H19F3N2O3/c1-10-14(16(24)26-13-4-2-3-5-13)15(23-17(25)22-10)11-6-8-12(9-7-11)18(19,20)21/h6-9,13-15H,2-5H2,1H3,(H,23,25)/t14?,15-/m0/s1. The maximum absolute atomic E-state index is 12.8. The van der Waals surface area contributed by atoms with Gasteiger partial charge in [-0.3, -0.25) is 4.79 Å². The number of ether oxygens (including phenoxy) is 1. The van der Waals surface area contributed by atoms with Gasteiger partial charge in [0.05, 0.1) is 11.6 Å². The summed E-state index contributed by atoms with van der Waals surface area (Å²) >= 11 is 0. The van der Waals surface area contributed by atoms with E-state index in [0.717, 1.165) is 37.8 Å². The Morgan fingerprint density at radius 3 is 2.38 bits per heavy atom. The van der Waals surface area contributed by atoms with Crippen molar-refractivity contribution in [1.29, 1.82) is 0 Å². The van der Waals surface area contributed by atoms with Crippen LogP contribution < -0.4 is 5.32 Å². The summed E-state index contributed by atoms with van der Waals surface area (Å²) in [7, 11) is 0. The van der Waals surface area contributed by atoms with Crippen LogP contribution in [0.25, 0.3) is 0 Å². The summed E-state index contributed by atoms with van der Waals surface area (Å²) in [6, 6.07) is 2.96. The average Bonchev–Trinajstić information content (AvgIpc) is 3.06. The summed E-state index contributed by atoms with van der Waals surface area (Å²) in [5.41, 5.74) is -0.102. The van der Waals surface area contributed by atoms with Crippen LogP contribution in [0, 0.1) is 5.92 Å². The molecule has 2 atom stereocenters. The third-order valence-corrected chi connectivity index (χ3v) is 4.78. The molecule has 1 N–H and O–H groups in total. The van der Waals surface area contributed by atoms with E-state index >= 15 is 0 Å². The van der Waals surface area contributed by atoms with Crippen molar-refractivity contribution in [2.75, 3.05) is 0 Å². The fourth-order valence-corrected chi connectivity index (χ4v) is 3.43. The highest BCUT2D eigenvalue weighted by Gasteiger charge is 2.39. The second-order valence-corrected chi connectivity index (χ2v) is 6.62. The molecule has 0 radical (unpaired) electrons. The summed E-state index contributed by atoms with van der Waals surface area (Å²) in [4.78, 5) is 28.2. The van der Waals surface area contributed by atoms with E-state index in [4.69, 9.17) is 4.74 Å². The average molecular weight is 368 g/mol. The molecule has 1 aromatic carbocycles. The fourth-order valence-electron chi connectivity index (χ4n) is 3.43. The molecule has 0 saturated heterocycles. The van der Waals surface area contributed by atoms with Gasteiger partial charge >= 0.3 is 18.2 Å². The van der Waals surface area contributed by atoms with E-state index in [1.54, 1.807) is 6.92 Å². The van der Waals surface area contributed by atoms with Crippen molar-refractivity contribution in [1.82, 2.24) is 5.32 Å². The number of alkyl halides is 3. The van der Waals surface area contributed by atoms with Crippen LogP contribution in [-0.4, -0.2) is 23.8 Å². The molecule has 26 heavy (non-hydrogen) atoms. The van der Waals surface area contributed by atoms with E-state index < -0.39 is 35.7 Å².